The fourth-order valence-corrected chi connectivity index (χ4v) is 2.63. The van der Waals surface area contributed by atoms with Gasteiger partial charge in [0, 0.05) is 12.7 Å². The Kier molecular flexibility index (Phi) is 4.54. The number of nitrogens with zero attached hydrogens (tertiary/aromatic N) is 2. The maximum Gasteiger partial charge on any atom is 0.240 e. The highest BCUT2D eigenvalue weighted by molar-refractivity contribution is 7.89. The molecule has 2 N–H and O–H groups in total. The zero-order valence-electron chi connectivity index (χ0n) is 12.2. The SMILES string of the molecule is CNS(=O)(=O)c1cccc(CNc2nc(C)cnc2C)c1. The van der Waals surface area contributed by atoms with Crippen LogP contribution in [0.3, 0.4) is 0 Å². The normalized spacial score (nSPS) is 11.4. The Bertz CT molecular complexity index is 744. The minimum absolute atomic E-state index is 0.247. The first-order valence-corrected chi connectivity index (χ1v) is 7.97. The van der Waals surface area contributed by atoms with Gasteiger partial charge in [-0.15, -0.1) is 0 Å². The molecule has 0 saturated heterocycles. The Labute approximate surface area is 124 Å². The molecule has 1 aromatic heterocycles. The van der Waals surface area contributed by atoms with Crippen LogP contribution in [0.5, 0.6) is 0 Å². The van der Waals surface area contributed by atoms with Gasteiger partial charge in [-0.05, 0) is 38.6 Å². The van der Waals surface area contributed by atoms with E-state index in [1.54, 1.807) is 24.4 Å². The molecule has 0 amide bonds. The molecule has 0 radical (unpaired) electrons. The first-order chi connectivity index (χ1) is 9.92. The summed E-state index contributed by atoms with van der Waals surface area (Å²) in [4.78, 5) is 8.85. The molecule has 2 aromatic rings. The van der Waals surface area contributed by atoms with E-state index in [0.717, 1.165) is 17.0 Å². The Hall–Kier alpha value is -1.99. The number of rotatable bonds is 5. The highest BCUT2D eigenvalue weighted by Gasteiger charge is 2.11. The van der Waals surface area contributed by atoms with Crippen LogP contribution in [-0.2, 0) is 16.6 Å². The van der Waals surface area contributed by atoms with Gasteiger partial charge in [0.25, 0.3) is 0 Å². The molecule has 0 atom stereocenters. The smallest absolute Gasteiger partial charge is 0.240 e. The molecule has 1 heterocycles. The van der Waals surface area contributed by atoms with Crippen molar-refractivity contribution in [3.8, 4) is 0 Å². The maximum atomic E-state index is 11.8. The van der Waals surface area contributed by atoms with Gasteiger partial charge in [0.05, 0.1) is 16.3 Å². The van der Waals surface area contributed by atoms with Gasteiger partial charge in [-0.2, -0.15) is 0 Å². The lowest BCUT2D eigenvalue weighted by molar-refractivity contribution is 0.588. The second kappa shape index (κ2) is 6.19. The molecule has 7 heteroatoms. The average Bonchev–Trinajstić information content (AvgIpc) is 2.48. The quantitative estimate of drug-likeness (QED) is 0.877. The largest absolute Gasteiger partial charge is 0.364 e. The van der Waals surface area contributed by atoms with Gasteiger partial charge in [-0.3, -0.25) is 4.98 Å². The fourth-order valence-electron chi connectivity index (χ4n) is 1.83. The van der Waals surface area contributed by atoms with Gasteiger partial charge in [-0.25, -0.2) is 18.1 Å². The lowest BCUT2D eigenvalue weighted by Crippen LogP contribution is -2.18. The molecule has 6 nitrogen and oxygen atoms in total. The summed E-state index contributed by atoms with van der Waals surface area (Å²) in [5.74, 6) is 0.705. The number of aromatic nitrogens is 2. The molecule has 0 fully saturated rings. The van der Waals surface area contributed by atoms with Crippen LogP contribution in [0.4, 0.5) is 5.82 Å². The molecule has 1 aromatic carbocycles. The number of hydrogen-bond donors (Lipinski definition) is 2. The molecular formula is C14H18N4O2S. The molecule has 0 unspecified atom stereocenters. The minimum atomic E-state index is -3.42. The summed E-state index contributed by atoms with van der Waals surface area (Å²) >= 11 is 0. The molecular weight excluding hydrogens is 288 g/mol. The van der Waals surface area contributed by atoms with E-state index in [-0.39, 0.29) is 4.90 Å². The summed E-state index contributed by atoms with van der Waals surface area (Å²) in [7, 11) is -2.03. The number of sulfonamides is 1. The third-order valence-electron chi connectivity index (χ3n) is 3.01. The van der Waals surface area contributed by atoms with E-state index in [9.17, 15) is 8.42 Å². The topological polar surface area (TPSA) is 84.0 Å². The van der Waals surface area contributed by atoms with E-state index in [0.29, 0.717) is 12.4 Å². The van der Waals surface area contributed by atoms with Crippen molar-refractivity contribution in [1.82, 2.24) is 14.7 Å². The predicted octanol–water partition coefficient (Wildman–Crippen LogP) is 1.61. The molecule has 112 valence electrons. The molecule has 0 spiro atoms. The molecule has 0 aliphatic carbocycles. The van der Waals surface area contributed by atoms with Crippen LogP contribution in [-0.4, -0.2) is 25.4 Å². The van der Waals surface area contributed by atoms with Crippen molar-refractivity contribution in [2.75, 3.05) is 12.4 Å². The average molecular weight is 306 g/mol. The Balaban J connectivity index is 2.18. The second-order valence-corrected chi connectivity index (χ2v) is 6.54. The van der Waals surface area contributed by atoms with Gasteiger partial charge in [0.1, 0.15) is 5.82 Å². The van der Waals surface area contributed by atoms with Crippen molar-refractivity contribution in [1.29, 1.82) is 0 Å². The summed E-state index contributed by atoms with van der Waals surface area (Å²) in [6.45, 7) is 4.22. The van der Waals surface area contributed by atoms with E-state index in [1.807, 2.05) is 19.9 Å². The molecule has 0 saturated carbocycles. The first kappa shape index (κ1) is 15.4. The van der Waals surface area contributed by atoms with Crippen LogP contribution in [0, 0.1) is 13.8 Å². The Morgan fingerprint density at radius 1 is 1.24 bits per heavy atom. The lowest BCUT2D eigenvalue weighted by Gasteiger charge is -2.10. The predicted molar refractivity (Wildman–Crippen MR) is 81.5 cm³/mol. The first-order valence-electron chi connectivity index (χ1n) is 6.49. The van der Waals surface area contributed by atoms with Gasteiger partial charge in [0.15, 0.2) is 0 Å². The summed E-state index contributed by atoms with van der Waals surface area (Å²) in [6, 6.07) is 6.78. The third-order valence-corrected chi connectivity index (χ3v) is 4.43. The van der Waals surface area contributed by atoms with Crippen molar-refractivity contribution < 1.29 is 8.42 Å². The summed E-state index contributed by atoms with van der Waals surface area (Å²) in [6.07, 6.45) is 1.71. The summed E-state index contributed by atoms with van der Waals surface area (Å²) in [5, 5.41) is 3.18. The lowest BCUT2D eigenvalue weighted by atomic mass is 10.2. The van der Waals surface area contributed by atoms with E-state index in [4.69, 9.17) is 0 Å². The molecule has 0 aliphatic heterocycles. The zero-order chi connectivity index (χ0) is 15.5. The van der Waals surface area contributed by atoms with Crippen LogP contribution < -0.4 is 10.0 Å². The number of benzene rings is 1. The van der Waals surface area contributed by atoms with Gasteiger partial charge in [-0.1, -0.05) is 12.1 Å². The molecule has 0 bridgehead atoms. The molecule has 2 rings (SSSR count). The van der Waals surface area contributed by atoms with Gasteiger partial charge < -0.3 is 5.32 Å². The van der Waals surface area contributed by atoms with Crippen LogP contribution >= 0.6 is 0 Å². The highest BCUT2D eigenvalue weighted by atomic mass is 32.2. The zero-order valence-corrected chi connectivity index (χ0v) is 13.0. The van der Waals surface area contributed by atoms with Crippen molar-refractivity contribution in [3.05, 3.63) is 47.4 Å². The Morgan fingerprint density at radius 2 is 2.00 bits per heavy atom. The van der Waals surface area contributed by atoms with E-state index >= 15 is 0 Å². The van der Waals surface area contributed by atoms with Crippen LogP contribution in [0.15, 0.2) is 35.4 Å². The van der Waals surface area contributed by atoms with Crippen molar-refractivity contribution >= 4 is 15.8 Å². The van der Waals surface area contributed by atoms with Crippen LogP contribution in [0.2, 0.25) is 0 Å². The van der Waals surface area contributed by atoms with Crippen molar-refractivity contribution in [3.63, 3.8) is 0 Å². The molecule has 21 heavy (non-hydrogen) atoms. The van der Waals surface area contributed by atoms with Crippen molar-refractivity contribution in [2.45, 2.75) is 25.3 Å². The fraction of sp³-hybridized carbons (Fsp3) is 0.286. The standard InChI is InChI=1S/C14H18N4O2S/c1-10-8-16-11(2)14(18-10)17-9-12-5-4-6-13(7-12)21(19,20)15-3/h4-8,15H,9H2,1-3H3,(H,17,18). The highest BCUT2D eigenvalue weighted by Crippen LogP contribution is 2.14. The van der Waals surface area contributed by atoms with Gasteiger partial charge >= 0.3 is 0 Å². The summed E-state index contributed by atoms with van der Waals surface area (Å²) < 4.78 is 25.8. The second-order valence-electron chi connectivity index (χ2n) is 4.65. The van der Waals surface area contributed by atoms with E-state index < -0.39 is 10.0 Å². The molecule has 0 aliphatic rings. The van der Waals surface area contributed by atoms with E-state index in [2.05, 4.69) is 20.0 Å². The maximum absolute atomic E-state index is 11.8. The van der Waals surface area contributed by atoms with Crippen LogP contribution in [0.25, 0.3) is 0 Å². The monoisotopic (exact) mass is 306 g/mol. The number of aryl methyl sites for hydroxylation is 2. The number of hydrogen-bond acceptors (Lipinski definition) is 5. The van der Waals surface area contributed by atoms with Crippen molar-refractivity contribution in [2.24, 2.45) is 0 Å². The van der Waals surface area contributed by atoms with E-state index in [1.165, 1.54) is 7.05 Å². The minimum Gasteiger partial charge on any atom is -0.364 e. The number of nitrogens with one attached hydrogen (secondary N) is 2. The van der Waals surface area contributed by atoms with Gasteiger partial charge in [0.2, 0.25) is 10.0 Å². The number of anilines is 1. The third kappa shape index (κ3) is 3.77. The van der Waals surface area contributed by atoms with Crippen LogP contribution in [0.1, 0.15) is 17.0 Å². The Morgan fingerprint density at radius 3 is 2.71 bits per heavy atom. The summed E-state index contributed by atoms with van der Waals surface area (Å²) in [5.41, 5.74) is 2.49.